The molecule has 0 spiro atoms. The minimum absolute atomic E-state index is 0.309. The number of urea groups is 1. The molecule has 8 nitrogen and oxygen atoms in total. The number of carbonyl (C=O) groups is 4. The third-order valence-electron chi connectivity index (χ3n) is 3.88. The van der Waals surface area contributed by atoms with E-state index in [0.717, 1.165) is 5.57 Å². The molecule has 0 bridgehead atoms. The van der Waals surface area contributed by atoms with Gasteiger partial charge in [-0.15, -0.1) is 0 Å². The van der Waals surface area contributed by atoms with E-state index in [2.05, 4.69) is 10.7 Å². The molecule has 1 saturated heterocycles. The van der Waals surface area contributed by atoms with Crippen LogP contribution in [0.5, 0.6) is 0 Å². The van der Waals surface area contributed by atoms with Gasteiger partial charge in [0.2, 0.25) is 0 Å². The summed E-state index contributed by atoms with van der Waals surface area (Å²) in [5.74, 6) is -2.06. The number of hydrogen-bond donors (Lipinski definition) is 2. The fourth-order valence-corrected chi connectivity index (χ4v) is 2.61. The predicted molar refractivity (Wildman–Crippen MR) is 92.3 cm³/mol. The second-order valence-electron chi connectivity index (χ2n) is 6.06. The van der Waals surface area contributed by atoms with Gasteiger partial charge in [0.25, 0.3) is 11.8 Å². The Labute approximate surface area is 151 Å². The summed E-state index contributed by atoms with van der Waals surface area (Å²) in [6, 6.07) is 8.04. The second kappa shape index (κ2) is 7.81. The Balaban J connectivity index is 2.08. The van der Waals surface area contributed by atoms with Crippen molar-refractivity contribution in [1.82, 2.24) is 15.8 Å². The van der Waals surface area contributed by atoms with Gasteiger partial charge in [-0.25, -0.2) is 9.59 Å². The smallest absolute Gasteiger partial charge is 0.344 e. The van der Waals surface area contributed by atoms with Crippen LogP contribution in [0.2, 0.25) is 0 Å². The SMILES string of the molecule is CC[C@@]1(c2ccccc2)NC(=O)N(NC(=O)COC(=O)C=C(C)C)C1=O. The average molecular weight is 359 g/mol. The molecule has 1 aliphatic rings. The van der Waals surface area contributed by atoms with E-state index >= 15 is 0 Å². The molecule has 1 aromatic carbocycles. The number of hydrazine groups is 1. The number of benzene rings is 1. The Morgan fingerprint density at radius 3 is 2.46 bits per heavy atom. The minimum atomic E-state index is -1.25. The Kier molecular flexibility index (Phi) is 5.76. The van der Waals surface area contributed by atoms with Gasteiger partial charge in [-0.05, 0) is 25.8 Å². The van der Waals surface area contributed by atoms with E-state index in [-0.39, 0.29) is 0 Å². The molecule has 0 unspecified atom stereocenters. The van der Waals surface area contributed by atoms with Crippen LogP contribution in [0.4, 0.5) is 4.79 Å². The van der Waals surface area contributed by atoms with Crippen molar-refractivity contribution >= 4 is 23.8 Å². The van der Waals surface area contributed by atoms with Crippen LogP contribution in [-0.2, 0) is 24.7 Å². The van der Waals surface area contributed by atoms with Crippen molar-refractivity contribution in [3.8, 4) is 0 Å². The van der Waals surface area contributed by atoms with Gasteiger partial charge in [0.15, 0.2) is 6.61 Å². The summed E-state index contributed by atoms with van der Waals surface area (Å²) >= 11 is 0. The first-order valence-corrected chi connectivity index (χ1v) is 8.13. The number of imide groups is 1. The van der Waals surface area contributed by atoms with Crippen molar-refractivity contribution in [1.29, 1.82) is 0 Å². The molecule has 2 rings (SSSR count). The molecule has 0 aromatic heterocycles. The predicted octanol–water partition coefficient (Wildman–Crippen LogP) is 1.38. The maximum absolute atomic E-state index is 12.8. The quantitative estimate of drug-likeness (QED) is 0.454. The molecule has 8 heteroatoms. The van der Waals surface area contributed by atoms with Gasteiger partial charge in [-0.2, -0.15) is 5.01 Å². The van der Waals surface area contributed by atoms with Gasteiger partial charge in [-0.1, -0.05) is 42.8 Å². The van der Waals surface area contributed by atoms with Gasteiger partial charge >= 0.3 is 12.0 Å². The van der Waals surface area contributed by atoms with Crippen LogP contribution < -0.4 is 10.7 Å². The van der Waals surface area contributed by atoms with Crippen LogP contribution in [0.3, 0.4) is 0 Å². The topological polar surface area (TPSA) is 105 Å². The maximum Gasteiger partial charge on any atom is 0.344 e. The lowest BCUT2D eigenvalue weighted by Gasteiger charge is -2.25. The second-order valence-corrected chi connectivity index (χ2v) is 6.06. The number of ether oxygens (including phenoxy) is 1. The van der Waals surface area contributed by atoms with Crippen molar-refractivity contribution in [3.05, 3.63) is 47.5 Å². The Morgan fingerprint density at radius 2 is 1.88 bits per heavy atom. The van der Waals surface area contributed by atoms with E-state index < -0.39 is 36.0 Å². The molecular formula is C18H21N3O5. The summed E-state index contributed by atoms with van der Waals surface area (Å²) in [6.07, 6.45) is 1.54. The highest BCUT2D eigenvalue weighted by Crippen LogP contribution is 2.31. The van der Waals surface area contributed by atoms with Gasteiger partial charge in [-0.3, -0.25) is 15.0 Å². The molecule has 1 aromatic rings. The van der Waals surface area contributed by atoms with Crippen molar-refractivity contribution in [2.24, 2.45) is 0 Å². The first-order valence-electron chi connectivity index (χ1n) is 8.13. The van der Waals surface area contributed by atoms with Crippen molar-refractivity contribution in [2.45, 2.75) is 32.7 Å². The van der Waals surface area contributed by atoms with E-state index in [1.54, 1.807) is 51.1 Å². The molecule has 0 radical (unpaired) electrons. The highest BCUT2D eigenvalue weighted by atomic mass is 16.5. The summed E-state index contributed by atoms with van der Waals surface area (Å²) < 4.78 is 4.76. The standard InChI is InChI=1S/C18H21N3O5/c1-4-18(13-8-6-5-7-9-13)16(24)21(17(25)19-18)20-14(22)11-26-15(23)10-12(2)3/h5-10H,4,11H2,1-3H3,(H,19,25)(H,20,22)/t18-/m0/s1. The highest BCUT2D eigenvalue weighted by molar-refractivity contribution is 6.08. The van der Waals surface area contributed by atoms with Crippen LogP contribution in [0, 0.1) is 0 Å². The number of allylic oxidation sites excluding steroid dienone is 1. The van der Waals surface area contributed by atoms with E-state index in [1.807, 2.05) is 0 Å². The molecule has 26 heavy (non-hydrogen) atoms. The number of amides is 4. The van der Waals surface area contributed by atoms with Gasteiger partial charge < -0.3 is 10.1 Å². The van der Waals surface area contributed by atoms with Crippen molar-refractivity contribution < 1.29 is 23.9 Å². The molecule has 0 saturated carbocycles. The van der Waals surface area contributed by atoms with Crippen LogP contribution in [0.15, 0.2) is 42.0 Å². The third kappa shape index (κ3) is 3.90. The molecule has 1 aliphatic heterocycles. The maximum atomic E-state index is 12.8. The third-order valence-corrected chi connectivity index (χ3v) is 3.88. The molecular weight excluding hydrogens is 338 g/mol. The molecule has 1 atom stereocenters. The first-order chi connectivity index (χ1) is 12.3. The normalized spacial score (nSPS) is 19.0. The lowest BCUT2D eigenvalue weighted by atomic mass is 9.87. The van der Waals surface area contributed by atoms with Crippen LogP contribution in [0.25, 0.3) is 0 Å². The number of carbonyl (C=O) groups excluding carboxylic acids is 4. The average Bonchev–Trinajstić information content (AvgIpc) is 2.85. The highest BCUT2D eigenvalue weighted by Gasteiger charge is 2.52. The van der Waals surface area contributed by atoms with E-state index in [4.69, 9.17) is 4.74 Å². The van der Waals surface area contributed by atoms with E-state index in [9.17, 15) is 19.2 Å². The van der Waals surface area contributed by atoms with Gasteiger partial charge in [0.05, 0.1) is 0 Å². The number of esters is 1. The fourth-order valence-electron chi connectivity index (χ4n) is 2.61. The number of nitrogens with zero attached hydrogens (tertiary/aromatic N) is 1. The summed E-state index contributed by atoms with van der Waals surface area (Å²) in [7, 11) is 0. The Morgan fingerprint density at radius 1 is 1.23 bits per heavy atom. The zero-order chi connectivity index (χ0) is 19.3. The molecule has 4 amide bonds. The van der Waals surface area contributed by atoms with Crippen LogP contribution in [0.1, 0.15) is 32.8 Å². The lowest BCUT2D eigenvalue weighted by molar-refractivity contribution is -0.147. The number of nitrogens with one attached hydrogen (secondary N) is 2. The number of hydrogen-bond acceptors (Lipinski definition) is 5. The van der Waals surface area contributed by atoms with Gasteiger partial charge in [0.1, 0.15) is 5.54 Å². The molecule has 2 N–H and O–H groups in total. The van der Waals surface area contributed by atoms with Crippen LogP contribution >= 0.6 is 0 Å². The van der Waals surface area contributed by atoms with Crippen molar-refractivity contribution in [2.75, 3.05) is 6.61 Å². The summed E-state index contributed by atoms with van der Waals surface area (Å²) in [4.78, 5) is 48.4. The molecule has 0 aliphatic carbocycles. The lowest BCUT2D eigenvalue weighted by Crippen LogP contribution is -2.49. The Hall–Kier alpha value is -3.16. The fraction of sp³-hybridized carbons (Fsp3) is 0.333. The van der Waals surface area contributed by atoms with Crippen LogP contribution in [-0.4, -0.2) is 35.4 Å². The van der Waals surface area contributed by atoms with Gasteiger partial charge in [0, 0.05) is 6.08 Å². The monoisotopic (exact) mass is 359 g/mol. The largest absolute Gasteiger partial charge is 0.452 e. The first kappa shape index (κ1) is 19.2. The zero-order valence-electron chi connectivity index (χ0n) is 14.9. The summed E-state index contributed by atoms with van der Waals surface area (Å²) in [6.45, 7) is 4.58. The van der Waals surface area contributed by atoms with Crippen molar-refractivity contribution in [3.63, 3.8) is 0 Å². The molecule has 1 heterocycles. The molecule has 1 fully saturated rings. The van der Waals surface area contributed by atoms with E-state index in [1.165, 1.54) is 6.08 Å². The van der Waals surface area contributed by atoms with E-state index in [0.29, 0.717) is 17.0 Å². The molecule has 138 valence electrons. The zero-order valence-corrected chi connectivity index (χ0v) is 14.9. The Bertz CT molecular complexity index is 755. The summed E-state index contributed by atoms with van der Waals surface area (Å²) in [5, 5.41) is 3.25. The number of rotatable bonds is 6. The summed E-state index contributed by atoms with van der Waals surface area (Å²) in [5.41, 5.74) is 2.28. The minimum Gasteiger partial charge on any atom is -0.452 e.